The lowest BCUT2D eigenvalue weighted by Gasteiger charge is -2.03. The summed E-state index contributed by atoms with van der Waals surface area (Å²) in [5, 5.41) is 5.99. The zero-order valence-corrected chi connectivity index (χ0v) is 15.5. The van der Waals surface area contributed by atoms with Crippen molar-refractivity contribution in [2.45, 2.75) is 14.0 Å². The lowest BCUT2D eigenvalue weighted by molar-refractivity contribution is 0.0976. The lowest BCUT2D eigenvalue weighted by atomic mass is 10.4. The molecule has 0 fully saturated rings. The third kappa shape index (κ3) is 3.61. The van der Waals surface area contributed by atoms with Crippen LogP contribution >= 0.6 is 22.9 Å². The summed E-state index contributed by atoms with van der Waals surface area (Å²) in [6.07, 6.45) is 0. The Hall–Kier alpha value is -2.15. The number of sulfonamides is 1. The first-order valence-corrected chi connectivity index (χ1v) is 11.2. The molecule has 0 saturated carbocycles. The molecule has 12 heteroatoms. The van der Waals surface area contributed by atoms with Crippen LogP contribution in [0, 0.1) is 0 Å². The van der Waals surface area contributed by atoms with Gasteiger partial charge in [-0.1, -0.05) is 22.7 Å². The molecule has 130 valence electrons. The highest BCUT2D eigenvalue weighted by Gasteiger charge is 2.26. The zero-order chi connectivity index (χ0) is 18.1. The number of benzene rings is 1. The fraction of sp³-hybridized carbons (Fsp3) is 0. The Morgan fingerprint density at radius 1 is 1.00 bits per heavy atom. The second-order valence-corrected chi connectivity index (χ2v) is 10.0. The van der Waals surface area contributed by atoms with Crippen LogP contribution in [0.25, 0.3) is 0 Å². The molecule has 2 heterocycles. The fourth-order valence-corrected chi connectivity index (χ4v) is 6.11. The molecule has 0 saturated heterocycles. The molecule has 0 aliphatic carbocycles. The predicted octanol–water partition coefficient (Wildman–Crippen LogP) is 1.55. The molecule has 8 nitrogen and oxygen atoms in total. The molecular weight excluding hydrogens is 406 g/mol. The van der Waals surface area contributed by atoms with Crippen molar-refractivity contribution >= 4 is 48.6 Å². The van der Waals surface area contributed by atoms with E-state index in [-0.39, 0.29) is 19.7 Å². The Bertz CT molecular complexity index is 1100. The SMILES string of the molecule is O=C(NS(=O)(=O)c1cc(S(=O)(=O)c2ccccc2)cs1)c1csnn1. The highest BCUT2D eigenvalue weighted by molar-refractivity contribution is 7.93. The van der Waals surface area contributed by atoms with Gasteiger partial charge in [-0.15, -0.1) is 16.4 Å². The Morgan fingerprint density at radius 3 is 2.36 bits per heavy atom. The molecule has 1 aromatic carbocycles. The van der Waals surface area contributed by atoms with Gasteiger partial charge < -0.3 is 0 Å². The first-order chi connectivity index (χ1) is 11.8. The largest absolute Gasteiger partial charge is 0.286 e. The lowest BCUT2D eigenvalue weighted by Crippen LogP contribution is -2.30. The van der Waals surface area contributed by atoms with Crippen LogP contribution in [0.3, 0.4) is 0 Å². The molecule has 3 aromatic rings. The first-order valence-electron chi connectivity index (χ1n) is 6.53. The van der Waals surface area contributed by atoms with Gasteiger partial charge >= 0.3 is 0 Å². The van der Waals surface area contributed by atoms with E-state index < -0.39 is 25.8 Å². The van der Waals surface area contributed by atoms with Gasteiger partial charge in [0.05, 0.1) is 9.79 Å². The van der Waals surface area contributed by atoms with Crippen LogP contribution < -0.4 is 4.72 Å². The Kier molecular flexibility index (Phi) is 4.69. The number of carbonyl (C=O) groups excluding carboxylic acids is 1. The molecule has 0 aliphatic rings. The minimum atomic E-state index is -4.22. The number of carbonyl (C=O) groups is 1. The average Bonchev–Trinajstić information content (AvgIpc) is 3.27. The zero-order valence-electron chi connectivity index (χ0n) is 12.2. The standard InChI is InChI=1S/C13H9N3O5S4/c17-13(11-8-23-16-14-11)15-25(20,21)12-6-10(7-22-12)24(18,19)9-4-2-1-3-5-9/h1-8H,(H,15,17). The molecule has 0 aliphatic heterocycles. The van der Waals surface area contributed by atoms with Crippen LogP contribution in [0.1, 0.15) is 10.5 Å². The highest BCUT2D eigenvalue weighted by Crippen LogP contribution is 2.28. The molecule has 25 heavy (non-hydrogen) atoms. The molecule has 1 N–H and O–H groups in total. The third-order valence-corrected chi connectivity index (χ3v) is 8.17. The van der Waals surface area contributed by atoms with Crippen molar-refractivity contribution in [3.05, 3.63) is 52.9 Å². The maximum absolute atomic E-state index is 12.5. The van der Waals surface area contributed by atoms with E-state index in [1.165, 1.54) is 22.9 Å². The van der Waals surface area contributed by atoms with E-state index in [0.29, 0.717) is 11.3 Å². The maximum atomic E-state index is 12.5. The van der Waals surface area contributed by atoms with Gasteiger partial charge in [0.2, 0.25) is 9.84 Å². The summed E-state index contributed by atoms with van der Waals surface area (Å²) in [4.78, 5) is 11.7. The molecule has 3 rings (SSSR count). The van der Waals surface area contributed by atoms with Crippen molar-refractivity contribution < 1.29 is 21.6 Å². The second-order valence-electron chi connectivity index (χ2n) is 4.64. The minimum absolute atomic E-state index is 0.0503. The monoisotopic (exact) mass is 415 g/mol. The van der Waals surface area contributed by atoms with Crippen LogP contribution in [0.5, 0.6) is 0 Å². The molecule has 0 bridgehead atoms. The summed E-state index contributed by atoms with van der Waals surface area (Å²) in [5.41, 5.74) is -0.137. The number of amides is 1. The summed E-state index contributed by atoms with van der Waals surface area (Å²) in [6.45, 7) is 0. The Labute approximate surface area is 151 Å². The quantitative estimate of drug-likeness (QED) is 0.670. The van der Waals surface area contributed by atoms with E-state index in [1.807, 2.05) is 4.72 Å². The van der Waals surface area contributed by atoms with Crippen LogP contribution in [0.2, 0.25) is 0 Å². The number of thiophene rings is 1. The highest BCUT2D eigenvalue weighted by atomic mass is 32.2. The summed E-state index contributed by atoms with van der Waals surface area (Å²) in [7, 11) is -8.05. The molecule has 0 spiro atoms. The number of rotatable bonds is 5. The normalized spacial score (nSPS) is 12.0. The van der Waals surface area contributed by atoms with Gasteiger partial charge in [-0.25, -0.2) is 21.6 Å². The average molecular weight is 415 g/mol. The van der Waals surface area contributed by atoms with Crippen molar-refractivity contribution in [1.82, 2.24) is 14.3 Å². The van der Waals surface area contributed by atoms with Crippen molar-refractivity contribution in [3.63, 3.8) is 0 Å². The number of hydrogen-bond donors (Lipinski definition) is 1. The van der Waals surface area contributed by atoms with E-state index >= 15 is 0 Å². The van der Waals surface area contributed by atoms with Crippen molar-refractivity contribution in [1.29, 1.82) is 0 Å². The summed E-state index contributed by atoms with van der Waals surface area (Å²) >= 11 is 1.60. The summed E-state index contributed by atoms with van der Waals surface area (Å²) in [6, 6.07) is 8.65. The fourth-order valence-electron chi connectivity index (χ4n) is 1.81. The van der Waals surface area contributed by atoms with Crippen molar-refractivity contribution in [2.24, 2.45) is 0 Å². The van der Waals surface area contributed by atoms with Gasteiger partial charge in [0.1, 0.15) is 4.21 Å². The minimum Gasteiger partial charge on any atom is -0.266 e. The van der Waals surface area contributed by atoms with E-state index in [4.69, 9.17) is 0 Å². The molecule has 1 amide bonds. The van der Waals surface area contributed by atoms with E-state index in [9.17, 15) is 21.6 Å². The van der Waals surface area contributed by atoms with Gasteiger partial charge in [-0.2, -0.15) is 0 Å². The molecule has 2 aromatic heterocycles. The predicted molar refractivity (Wildman–Crippen MR) is 90.8 cm³/mol. The molecule has 0 atom stereocenters. The van der Waals surface area contributed by atoms with Gasteiger partial charge in [0.15, 0.2) is 5.69 Å². The van der Waals surface area contributed by atoms with Gasteiger partial charge in [-0.05, 0) is 29.7 Å². The smallest absolute Gasteiger partial charge is 0.266 e. The van der Waals surface area contributed by atoms with Crippen molar-refractivity contribution in [3.8, 4) is 0 Å². The summed E-state index contributed by atoms with van der Waals surface area (Å²) in [5.74, 6) is -0.936. The van der Waals surface area contributed by atoms with Crippen LogP contribution in [0.4, 0.5) is 0 Å². The van der Waals surface area contributed by atoms with Gasteiger partial charge in [-0.3, -0.25) is 4.79 Å². The Morgan fingerprint density at radius 2 is 1.72 bits per heavy atom. The number of nitrogens with one attached hydrogen (secondary N) is 1. The first kappa shape index (κ1) is 17.7. The molecule has 0 unspecified atom stereocenters. The summed E-state index contributed by atoms with van der Waals surface area (Å²) < 4.78 is 54.5. The Balaban J connectivity index is 1.89. The topological polar surface area (TPSA) is 123 Å². The van der Waals surface area contributed by atoms with Gasteiger partial charge in [0.25, 0.3) is 15.9 Å². The van der Waals surface area contributed by atoms with Crippen molar-refractivity contribution in [2.75, 3.05) is 0 Å². The molecular formula is C13H9N3O5S4. The van der Waals surface area contributed by atoms with E-state index in [2.05, 4.69) is 9.59 Å². The number of sulfone groups is 1. The number of hydrogen-bond acceptors (Lipinski definition) is 9. The third-order valence-electron chi connectivity index (χ3n) is 3.00. The second kappa shape index (κ2) is 6.63. The van der Waals surface area contributed by atoms with Crippen LogP contribution in [-0.4, -0.2) is 32.3 Å². The van der Waals surface area contributed by atoms with E-state index in [0.717, 1.165) is 17.6 Å². The van der Waals surface area contributed by atoms with Gasteiger partial charge in [0, 0.05) is 10.8 Å². The number of nitrogens with zero attached hydrogens (tertiary/aromatic N) is 2. The number of aromatic nitrogens is 2. The van der Waals surface area contributed by atoms with Crippen LogP contribution in [0.15, 0.2) is 61.2 Å². The molecule has 0 radical (unpaired) electrons. The van der Waals surface area contributed by atoms with Crippen LogP contribution in [-0.2, 0) is 19.9 Å². The maximum Gasteiger partial charge on any atom is 0.286 e. The van der Waals surface area contributed by atoms with E-state index in [1.54, 1.807) is 18.2 Å².